The second-order valence-electron chi connectivity index (χ2n) is 5.54. The number of carbonyl (C=O) groups is 1. The first-order valence-corrected chi connectivity index (χ1v) is 8.66. The Hall–Kier alpha value is -3.12. The van der Waals surface area contributed by atoms with Crippen molar-refractivity contribution in [1.82, 2.24) is 4.98 Å². The van der Waals surface area contributed by atoms with Crippen LogP contribution < -0.4 is 15.4 Å². The molecule has 1 amide bonds. The summed E-state index contributed by atoms with van der Waals surface area (Å²) in [4.78, 5) is 16.5. The van der Waals surface area contributed by atoms with Crippen LogP contribution in [0.25, 0.3) is 0 Å². The Morgan fingerprint density at radius 3 is 2.67 bits per heavy atom. The van der Waals surface area contributed by atoms with Crippen molar-refractivity contribution in [3.63, 3.8) is 0 Å². The number of nitrogens with one attached hydrogen (secondary N) is 2. The average molecular weight is 386 g/mol. The Morgan fingerprint density at radius 1 is 1.15 bits per heavy atom. The number of hydrogen-bond donors (Lipinski definition) is 2. The molecular formula is C20H17ClFN3O2. The monoisotopic (exact) mass is 385 g/mol. The summed E-state index contributed by atoms with van der Waals surface area (Å²) in [5.74, 6) is -0.0291. The number of aromatic nitrogens is 1. The number of rotatable bonds is 6. The van der Waals surface area contributed by atoms with E-state index in [9.17, 15) is 9.18 Å². The summed E-state index contributed by atoms with van der Waals surface area (Å²) in [7, 11) is 0. The van der Waals surface area contributed by atoms with Crippen LogP contribution in [0.3, 0.4) is 0 Å². The summed E-state index contributed by atoms with van der Waals surface area (Å²) in [6.45, 7) is 2.46. The molecule has 0 spiro atoms. The number of anilines is 3. The van der Waals surface area contributed by atoms with Crippen LogP contribution in [0.15, 0.2) is 60.8 Å². The molecule has 27 heavy (non-hydrogen) atoms. The molecule has 1 heterocycles. The maximum atomic E-state index is 13.8. The number of nitrogens with zero attached hydrogens (tertiary/aromatic N) is 1. The molecule has 138 valence electrons. The largest absolute Gasteiger partial charge is 0.492 e. The summed E-state index contributed by atoms with van der Waals surface area (Å²) in [5, 5.41) is 5.79. The molecule has 7 heteroatoms. The third-order valence-corrected chi connectivity index (χ3v) is 3.98. The maximum Gasteiger partial charge on any atom is 0.260 e. The maximum absolute atomic E-state index is 13.8. The van der Waals surface area contributed by atoms with E-state index in [2.05, 4.69) is 15.6 Å². The minimum absolute atomic E-state index is 0.0475. The number of benzene rings is 2. The van der Waals surface area contributed by atoms with E-state index in [-0.39, 0.29) is 10.6 Å². The number of carbonyl (C=O) groups excluding carboxylic acids is 1. The quantitative estimate of drug-likeness (QED) is 0.606. The van der Waals surface area contributed by atoms with E-state index in [1.165, 1.54) is 24.4 Å². The summed E-state index contributed by atoms with van der Waals surface area (Å²) in [5.41, 5.74) is 0.997. The molecule has 0 saturated carbocycles. The van der Waals surface area contributed by atoms with Crippen LogP contribution in [-0.4, -0.2) is 17.5 Å². The van der Waals surface area contributed by atoms with Crippen molar-refractivity contribution in [2.45, 2.75) is 6.92 Å². The van der Waals surface area contributed by atoms with Crippen molar-refractivity contribution in [3.05, 3.63) is 77.2 Å². The fourth-order valence-corrected chi connectivity index (χ4v) is 2.69. The standard InChI is InChI=1S/C20H17ClFN3O2/c1-2-27-17-9-4-3-8-16(17)25-18-11-10-13(12-23-18)24-20(26)19-14(21)6-5-7-15(19)22/h3-12H,2H2,1H3,(H,23,25)(H,24,26). The van der Waals surface area contributed by atoms with Gasteiger partial charge in [-0.25, -0.2) is 9.37 Å². The van der Waals surface area contributed by atoms with Gasteiger partial charge in [0.25, 0.3) is 5.91 Å². The van der Waals surface area contributed by atoms with Gasteiger partial charge in [0.15, 0.2) is 0 Å². The lowest BCUT2D eigenvalue weighted by Crippen LogP contribution is -2.14. The predicted molar refractivity (Wildman–Crippen MR) is 104 cm³/mol. The summed E-state index contributed by atoms with van der Waals surface area (Å²) in [6, 6.07) is 14.9. The SMILES string of the molecule is CCOc1ccccc1Nc1ccc(NC(=O)c2c(F)cccc2Cl)cn1. The van der Waals surface area contributed by atoms with Gasteiger partial charge in [-0.2, -0.15) is 0 Å². The van der Waals surface area contributed by atoms with Crippen LogP contribution in [0.4, 0.5) is 21.6 Å². The summed E-state index contributed by atoms with van der Waals surface area (Å²) in [6.07, 6.45) is 1.47. The molecule has 0 fully saturated rings. The number of pyridine rings is 1. The Morgan fingerprint density at radius 2 is 1.96 bits per heavy atom. The second kappa shape index (κ2) is 8.51. The lowest BCUT2D eigenvalue weighted by molar-refractivity contribution is 0.102. The Labute approximate surface area is 161 Å². The van der Waals surface area contributed by atoms with Crippen LogP contribution in [-0.2, 0) is 0 Å². The molecule has 3 rings (SSSR count). The van der Waals surface area contributed by atoms with E-state index in [0.29, 0.717) is 23.9 Å². The highest BCUT2D eigenvalue weighted by atomic mass is 35.5. The van der Waals surface area contributed by atoms with Gasteiger partial charge >= 0.3 is 0 Å². The molecule has 0 unspecified atom stereocenters. The van der Waals surface area contributed by atoms with E-state index >= 15 is 0 Å². The molecule has 0 atom stereocenters. The van der Waals surface area contributed by atoms with Crippen molar-refractivity contribution >= 4 is 34.7 Å². The van der Waals surface area contributed by atoms with Gasteiger partial charge in [0.05, 0.1) is 34.8 Å². The highest BCUT2D eigenvalue weighted by Gasteiger charge is 2.16. The zero-order valence-electron chi connectivity index (χ0n) is 14.5. The van der Waals surface area contributed by atoms with Crippen molar-refractivity contribution in [1.29, 1.82) is 0 Å². The first-order chi connectivity index (χ1) is 13.1. The molecule has 0 radical (unpaired) electrons. The lowest BCUT2D eigenvalue weighted by atomic mass is 10.2. The molecule has 0 aliphatic carbocycles. The zero-order valence-corrected chi connectivity index (χ0v) is 15.3. The van der Waals surface area contributed by atoms with Crippen LogP contribution in [0.2, 0.25) is 5.02 Å². The number of hydrogen-bond acceptors (Lipinski definition) is 4. The molecule has 2 aromatic carbocycles. The third-order valence-electron chi connectivity index (χ3n) is 3.66. The number of amides is 1. The normalized spacial score (nSPS) is 10.3. The van der Waals surface area contributed by atoms with Crippen molar-refractivity contribution in [3.8, 4) is 5.75 Å². The van der Waals surface area contributed by atoms with Gasteiger partial charge in [-0.15, -0.1) is 0 Å². The van der Waals surface area contributed by atoms with Gasteiger partial charge in [-0.3, -0.25) is 4.79 Å². The molecule has 0 aliphatic rings. The summed E-state index contributed by atoms with van der Waals surface area (Å²) < 4.78 is 19.4. The van der Waals surface area contributed by atoms with Crippen LogP contribution in [0, 0.1) is 5.82 Å². The van der Waals surface area contributed by atoms with E-state index < -0.39 is 11.7 Å². The molecule has 3 aromatic rings. The second-order valence-corrected chi connectivity index (χ2v) is 5.94. The van der Waals surface area contributed by atoms with E-state index in [1.54, 1.807) is 12.1 Å². The molecule has 0 bridgehead atoms. The van der Waals surface area contributed by atoms with E-state index in [1.807, 2.05) is 31.2 Å². The number of para-hydroxylation sites is 2. The van der Waals surface area contributed by atoms with E-state index in [4.69, 9.17) is 16.3 Å². The van der Waals surface area contributed by atoms with Gasteiger partial charge in [0.2, 0.25) is 0 Å². The van der Waals surface area contributed by atoms with Crippen molar-refractivity contribution < 1.29 is 13.9 Å². The minimum atomic E-state index is -0.682. The average Bonchev–Trinajstić information content (AvgIpc) is 2.65. The van der Waals surface area contributed by atoms with Gasteiger partial charge in [-0.1, -0.05) is 29.8 Å². The third kappa shape index (κ3) is 4.54. The van der Waals surface area contributed by atoms with Crippen molar-refractivity contribution in [2.75, 3.05) is 17.2 Å². The van der Waals surface area contributed by atoms with Crippen LogP contribution in [0.5, 0.6) is 5.75 Å². The molecule has 1 aromatic heterocycles. The summed E-state index contributed by atoms with van der Waals surface area (Å²) >= 11 is 5.91. The smallest absolute Gasteiger partial charge is 0.260 e. The Balaban J connectivity index is 1.72. The van der Waals surface area contributed by atoms with Crippen molar-refractivity contribution in [2.24, 2.45) is 0 Å². The fraction of sp³-hybridized carbons (Fsp3) is 0.100. The first kappa shape index (κ1) is 18.7. The van der Waals surface area contributed by atoms with Gasteiger partial charge in [0, 0.05) is 0 Å². The van der Waals surface area contributed by atoms with Gasteiger partial charge < -0.3 is 15.4 Å². The van der Waals surface area contributed by atoms with Crippen LogP contribution in [0.1, 0.15) is 17.3 Å². The Bertz CT molecular complexity index is 928. The van der Waals surface area contributed by atoms with Gasteiger partial charge in [-0.05, 0) is 43.3 Å². The first-order valence-electron chi connectivity index (χ1n) is 8.28. The van der Waals surface area contributed by atoms with E-state index in [0.717, 1.165) is 5.69 Å². The fourth-order valence-electron chi connectivity index (χ4n) is 2.44. The lowest BCUT2D eigenvalue weighted by Gasteiger charge is -2.12. The molecule has 5 nitrogen and oxygen atoms in total. The number of ether oxygens (including phenoxy) is 1. The molecular weight excluding hydrogens is 369 g/mol. The highest BCUT2D eigenvalue weighted by Crippen LogP contribution is 2.27. The predicted octanol–water partition coefficient (Wildman–Crippen LogP) is 5.27. The minimum Gasteiger partial charge on any atom is -0.492 e. The molecule has 2 N–H and O–H groups in total. The highest BCUT2D eigenvalue weighted by molar-refractivity contribution is 6.34. The van der Waals surface area contributed by atoms with Crippen LogP contribution >= 0.6 is 11.6 Å². The molecule has 0 saturated heterocycles. The Kier molecular flexibility index (Phi) is 5.88. The number of halogens is 2. The topological polar surface area (TPSA) is 63.2 Å². The molecule has 0 aliphatic heterocycles. The van der Waals surface area contributed by atoms with Gasteiger partial charge in [0.1, 0.15) is 17.4 Å². The zero-order chi connectivity index (χ0) is 19.2.